The predicted octanol–water partition coefficient (Wildman–Crippen LogP) is 4.05. The van der Waals surface area contributed by atoms with Crippen molar-refractivity contribution in [1.82, 2.24) is 25.5 Å². The van der Waals surface area contributed by atoms with E-state index in [4.69, 9.17) is 4.98 Å². The Morgan fingerprint density at radius 1 is 1.12 bits per heavy atom. The van der Waals surface area contributed by atoms with Gasteiger partial charge in [0.25, 0.3) is 0 Å². The molecule has 33 heavy (non-hydrogen) atoms. The zero-order valence-corrected chi connectivity index (χ0v) is 20.0. The Hall–Kier alpha value is -3.38. The molecule has 2 aliphatic heterocycles. The van der Waals surface area contributed by atoms with E-state index in [2.05, 4.69) is 76.7 Å². The van der Waals surface area contributed by atoms with E-state index >= 15 is 0 Å². The van der Waals surface area contributed by atoms with Gasteiger partial charge in [-0.25, -0.2) is 9.97 Å². The minimum absolute atomic E-state index is 0.730. The summed E-state index contributed by atoms with van der Waals surface area (Å²) in [7, 11) is 0. The first-order valence-electron chi connectivity index (χ1n) is 11.6. The third kappa shape index (κ3) is 5.01. The first-order valence-corrected chi connectivity index (χ1v) is 11.6. The van der Waals surface area contributed by atoms with Gasteiger partial charge in [0, 0.05) is 45.5 Å². The summed E-state index contributed by atoms with van der Waals surface area (Å²) >= 11 is 0. The Morgan fingerprint density at radius 3 is 2.39 bits per heavy atom. The van der Waals surface area contributed by atoms with Crippen molar-refractivity contribution in [1.29, 1.82) is 0 Å². The standard InChI is InChI=1S/C27H34N6/c1-6-8-26(32-13-11-28-12-14-32)24(7-2)30-21(5)25-9-10-29-27(31-25)33-17-22-15-19(3)20(4)16-23(22)18-33/h6-10,15-16,28,30H,1,5,11-14,17-18H2,2-4H3/b24-7+,26-8+. The van der Waals surface area contributed by atoms with Crippen molar-refractivity contribution in [2.24, 2.45) is 0 Å². The monoisotopic (exact) mass is 442 g/mol. The summed E-state index contributed by atoms with van der Waals surface area (Å²) in [5, 5.41) is 6.90. The Bertz CT molecular complexity index is 1080. The van der Waals surface area contributed by atoms with Crippen LogP contribution in [0.4, 0.5) is 5.95 Å². The van der Waals surface area contributed by atoms with Gasteiger partial charge in [0.15, 0.2) is 0 Å². The van der Waals surface area contributed by atoms with Crippen LogP contribution in [0.15, 0.2) is 67.2 Å². The highest BCUT2D eigenvalue weighted by atomic mass is 15.3. The second kappa shape index (κ2) is 10.0. The highest BCUT2D eigenvalue weighted by Gasteiger charge is 2.23. The molecule has 2 aromatic rings. The quantitative estimate of drug-likeness (QED) is 0.631. The van der Waals surface area contributed by atoms with Gasteiger partial charge in [-0.3, -0.25) is 0 Å². The third-order valence-corrected chi connectivity index (χ3v) is 6.36. The molecule has 2 aliphatic rings. The molecule has 1 saturated heterocycles. The van der Waals surface area contributed by atoms with Gasteiger partial charge in [0.2, 0.25) is 5.95 Å². The fourth-order valence-electron chi connectivity index (χ4n) is 4.40. The number of nitrogens with zero attached hydrogens (tertiary/aromatic N) is 4. The SMILES string of the molecule is C=C/C=C(\C(=C/C)NC(=C)c1ccnc(N2Cc3cc(C)c(C)cc3C2)n1)N1CCNCC1. The number of hydrogen-bond acceptors (Lipinski definition) is 6. The van der Waals surface area contributed by atoms with Gasteiger partial charge < -0.3 is 20.4 Å². The Kier molecular flexibility index (Phi) is 6.94. The molecule has 0 radical (unpaired) electrons. The van der Waals surface area contributed by atoms with Gasteiger partial charge in [0.1, 0.15) is 0 Å². The number of fused-ring (bicyclic) bond motifs is 1. The number of benzene rings is 1. The number of aromatic nitrogens is 2. The van der Waals surface area contributed by atoms with Crippen molar-refractivity contribution >= 4 is 11.6 Å². The lowest BCUT2D eigenvalue weighted by atomic mass is 10.0. The molecule has 0 aliphatic carbocycles. The Balaban J connectivity index is 1.50. The van der Waals surface area contributed by atoms with E-state index in [9.17, 15) is 0 Å². The molecule has 0 amide bonds. The Labute approximate surface area is 197 Å². The van der Waals surface area contributed by atoms with Crippen molar-refractivity contribution in [2.45, 2.75) is 33.9 Å². The largest absolute Gasteiger partial charge is 0.367 e. The molecule has 0 saturated carbocycles. The summed E-state index contributed by atoms with van der Waals surface area (Å²) in [5.74, 6) is 0.730. The van der Waals surface area contributed by atoms with Crippen molar-refractivity contribution in [3.63, 3.8) is 0 Å². The normalized spacial score (nSPS) is 16.6. The van der Waals surface area contributed by atoms with Crippen LogP contribution in [0.1, 0.15) is 34.9 Å². The number of anilines is 1. The third-order valence-electron chi connectivity index (χ3n) is 6.36. The lowest BCUT2D eigenvalue weighted by Gasteiger charge is -2.33. The molecule has 0 unspecified atom stereocenters. The molecule has 1 aromatic carbocycles. The van der Waals surface area contributed by atoms with Gasteiger partial charge >= 0.3 is 0 Å². The topological polar surface area (TPSA) is 56.3 Å². The number of rotatable bonds is 7. The van der Waals surface area contributed by atoms with Gasteiger partial charge in [-0.2, -0.15) is 0 Å². The van der Waals surface area contributed by atoms with E-state index in [0.717, 1.165) is 68.0 Å². The molecule has 0 spiro atoms. The van der Waals surface area contributed by atoms with Crippen LogP contribution in [-0.4, -0.2) is 41.0 Å². The van der Waals surface area contributed by atoms with Crippen molar-refractivity contribution < 1.29 is 0 Å². The molecule has 1 aromatic heterocycles. The predicted molar refractivity (Wildman–Crippen MR) is 136 cm³/mol. The molecular weight excluding hydrogens is 408 g/mol. The summed E-state index contributed by atoms with van der Waals surface area (Å²) in [6.45, 7) is 20.1. The number of allylic oxidation sites excluding steroid dienone is 3. The first-order chi connectivity index (χ1) is 16.0. The molecule has 1 fully saturated rings. The number of piperazine rings is 1. The molecule has 3 heterocycles. The van der Waals surface area contributed by atoms with Crippen molar-refractivity contribution in [2.75, 3.05) is 31.1 Å². The van der Waals surface area contributed by atoms with E-state index < -0.39 is 0 Å². The zero-order valence-electron chi connectivity index (χ0n) is 20.0. The van der Waals surface area contributed by atoms with Crippen molar-refractivity contribution in [3.05, 3.63) is 95.1 Å². The van der Waals surface area contributed by atoms with Gasteiger partial charge in [-0.15, -0.1) is 0 Å². The molecule has 0 bridgehead atoms. The zero-order chi connectivity index (χ0) is 23.4. The minimum atomic E-state index is 0.730. The fourth-order valence-corrected chi connectivity index (χ4v) is 4.40. The van der Waals surface area contributed by atoms with Crippen LogP contribution in [0.3, 0.4) is 0 Å². The van der Waals surface area contributed by atoms with E-state index in [1.165, 1.54) is 22.3 Å². The summed E-state index contributed by atoms with van der Waals surface area (Å²) in [6, 6.07) is 6.49. The minimum Gasteiger partial charge on any atom is -0.367 e. The van der Waals surface area contributed by atoms with E-state index in [-0.39, 0.29) is 0 Å². The van der Waals surface area contributed by atoms with Crippen LogP contribution in [0.2, 0.25) is 0 Å². The lowest BCUT2D eigenvalue weighted by molar-refractivity contribution is 0.302. The van der Waals surface area contributed by atoms with Crippen LogP contribution in [-0.2, 0) is 13.1 Å². The maximum atomic E-state index is 4.85. The first kappa shape index (κ1) is 22.8. The average Bonchev–Trinajstić information content (AvgIpc) is 3.24. The number of nitrogens with one attached hydrogen (secondary N) is 2. The Morgan fingerprint density at radius 2 is 1.79 bits per heavy atom. The van der Waals surface area contributed by atoms with Crippen LogP contribution < -0.4 is 15.5 Å². The summed E-state index contributed by atoms with van der Waals surface area (Å²) in [4.78, 5) is 14.0. The second-order valence-electron chi connectivity index (χ2n) is 8.63. The molecule has 6 heteroatoms. The van der Waals surface area contributed by atoms with Gasteiger partial charge in [-0.1, -0.05) is 37.4 Å². The average molecular weight is 443 g/mol. The molecule has 2 N–H and O–H groups in total. The van der Waals surface area contributed by atoms with Crippen LogP contribution >= 0.6 is 0 Å². The van der Waals surface area contributed by atoms with Crippen LogP contribution in [0.5, 0.6) is 0 Å². The number of aryl methyl sites for hydroxylation is 2. The molecule has 6 nitrogen and oxygen atoms in total. The van der Waals surface area contributed by atoms with Crippen LogP contribution in [0.25, 0.3) is 5.70 Å². The fraction of sp³-hybridized carbons (Fsp3) is 0.333. The van der Waals surface area contributed by atoms with E-state index in [0.29, 0.717) is 0 Å². The summed E-state index contributed by atoms with van der Waals surface area (Å²) in [6.07, 6.45) is 7.78. The van der Waals surface area contributed by atoms with E-state index in [1.807, 2.05) is 25.3 Å². The highest BCUT2D eigenvalue weighted by molar-refractivity contribution is 5.62. The molecular formula is C27H34N6. The lowest BCUT2D eigenvalue weighted by Crippen LogP contribution is -2.44. The maximum Gasteiger partial charge on any atom is 0.226 e. The maximum absolute atomic E-state index is 4.85. The van der Waals surface area contributed by atoms with Gasteiger partial charge in [0.05, 0.1) is 22.8 Å². The molecule has 0 atom stereocenters. The van der Waals surface area contributed by atoms with Gasteiger partial charge in [-0.05, 0) is 55.2 Å². The summed E-state index contributed by atoms with van der Waals surface area (Å²) < 4.78 is 0. The summed E-state index contributed by atoms with van der Waals surface area (Å²) in [5.41, 5.74) is 9.03. The molecule has 4 rings (SSSR count). The van der Waals surface area contributed by atoms with E-state index in [1.54, 1.807) is 0 Å². The van der Waals surface area contributed by atoms with Crippen LogP contribution in [0, 0.1) is 13.8 Å². The highest BCUT2D eigenvalue weighted by Crippen LogP contribution is 2.29. The second-order valence-corrected chi connectivity index (χ2v) is 8.63. The number of hydrogen-bond donors (Lipinski definition) is 2. The van der Waals surface area contributed by atoms with Crippen molar-refractivity contribution in [3.8, 4) is 0 Å². The smallest absolute Gasteiger partial charge is 0.226 e. The molecule has 172 valence electrons.